The molecule has 3 aromatic rings. The van der Waals surface area contributed by atoms with Gasteiger partial charge in [-0.2, -0.15) is 4.98 Å². The van der Waals surface area contributed by atoms with Gasteiger partial charge in [-0.3, -0.25) is 14.6 Å². The van der Waals surface area contributed by atoms with Crippen LogP contribution in [0.4, 0.5) is 5.95 Å². The maximum absolute atomic E-state index is 12.4. The molecule has 6 nitrogen and oxygen atoms in total. The second kappa shape index (κ2) is 4.74. The molecule has 22 heavy (non-hydrogen) atoms. The Bertz CT molecular complexity index is 946. The summed E-state index contributed by atoms with van der Waals surface area (Å²) in [5.41, 5.74) is 6.77. The second-order valence-electron chi connectivity index (χ2n) is 5.34. The number of carbonyl (C=O) groups excluding carboxylic acids is 1. The fourth-order valence-electron chi connectivity index (χ4n) is 3.01. The summed E-state index contributed by atoms with van der Waals surface area (Å²) in [7, 11) is 0. The van der Waals surface area contributed by atoms with E-state index in [4.69, 9.17) is 5.73 Å². The molecule has 110 valence electrons. The van der Waals surface area contributed by atoms with Crippen LogP contribution in [0.25, 0.3) is 11.0 Å². The van der Waals surface area contributed by atoms with E-state index in [0.29, 0.717) is 29.4 Å². The number of pyridine rings is 1. The molecule has 0 spiro atoms. The van der Waals surface area contributed by atoms with E-state index in [-0.39, 0.29) is 23.2 Å². The number of nitrogen functional groups attached to an aromatic ring is 1. The topological polar surface area (TPSA) is 102 Å². The van der Waals surface area contributed by atoms with Gasteiger partial charge in [0.1, 0.15) is 0 Å². The number of nitrogens with one attached hydrogen (secondary N) is 1. The van der Waals surface area contributed by atoms with E-state index < -0.39 is 0 Å². The number of H-pyrrole nitrogens is 1. The Morgan fingerprint density at radius 2 is 2.18 bits per heavy atom. The minimum absolute atomic E-state index is 0.0188. The minimum Gasteiger partial charge on any atom is -0.369 e. The van der Waals surface area contributed by atoms with Gasteiger partial charge in [-0.25, -0.2) is 4.98 Å². The molecule has 0 aliphatic heterocycles. The number of thiophene rings is 1. The summed E-state index contributed by atoms with van der Waals surface area (Å²) in [6.07, 6.45) is 2.59. The lowest BCUT2D eigenvalue weighted by molar-refractivity contribution is 0.0965. The standard InChI is InChI=1S/C15H12N4O2S/c16-15-18-13-12(14(21)19-15)8-4-7(11-2-1-3-22-11)5-10(20)9(8)6-17-13/h1-3,6-7H,4-5H2,(H3,16,17,18,19,21)/t7-/m1/s1. The second-order valence-corrected chi connectivity index (χ2v) is 6.32. The zero-order valence-corrected chi connectivity index (χ0v) is 12.3. The van der Waals surface area contributed by atoms with Crippen molar-refractivity contribution in [2.75, 3.05) is 5.73 Å². The van der Waals surface area contributed by atoms with Crippen molar-refractivity contribution in [3.63, 3.8) is 0 Å². The molecule has 1 aliphatic rings. The molecular formula is C15H12N4O2S. The van der Waals surface area contributed by atoms with Gasteiger partial charge in [0.05, 0.1) is 5.39 Å². The van der Waals surface area contributed by atoms with Gasteiger partial charge >= 0.3 is 0 Å². The van der Waals surface area contributed by atoms with Crippen molar-refractivity contribution in [2.24, 2.45) is 0 Å². The number of hydrogen-bond acceptors (Lipinski definition) is 6. The molecule has 1 atom stereocenters. The Kier molecular flexibility index (Phi) is 2.83. The van der Waals surface area contributed by atoms with Crippen molar-refractivity contribution in [3.8, 4) is 0 Å². The third kappa shape index (κ3) is 1.93. The number of anilines is 1. The molecule has 0 fully saturated rings. The Morgan fingerprint density at radius 3 is 2.95 bits per heavy atom. The van der Waals surface area contributed by atoms with Crippen molar-refractivity contribution in [3.05, 3.63) is 50.1 Å². The monoisotopic (exact) mass is 312 g/mol. The third-order valence-corrected chi connectivity index (χ3v) is 5.02. The van der Waals surface area contributed by atoms with Crippen LogP contribution >= 0.6 is 11.3 Å². The fourth-order valence-corrected chi connectivity index (χ4v) is 3.84. The van der Waals surface area contributed by atoms with Crippen LogP contribution in [0, 0.1) is 0 Å². The molecule has 0 bridgehead atoms. The van der Waals surface area contributed by atoms with Crippen LogP contribution in [0.5, 0.6) is 0 Å². The molecule has 0 radical (unpaired) electrons. The zero-order valence-electron chi connectivity index (χ0n) is 11.5. The number of hydrogen-bond donors (Lipinski definition) is 2. The average Bonchev–Trinajstić information content (AvgIpc) is 3.00. The maximum Gasteiger partial charge on any atom is 0.262 e. The van der Waals surface area contributed by atoms with E-state index in [1.807, 2.05) is 17.5 Å². The quantitative estimate of drug-likeness (QED) is 0.714. The molecule has 0 saturated carbocycles. The van der Waals surface area contributed by atoms with Gasteiger partial charge < -0.3 is 5.73 Å². The summed E-state index contributed by atoms with van der Waals surface area (Å²) in [6, 6.07) is 4.00. The molecule has 4 rings (SSSR count). The molecule has 0 saturated heterocycles. The Labute approximate surface area is 129 Å². The van der Waals surface area contributed by atoms with Gasteiger partial charge in [0.2, 0.25) is 5.95 Å². The summed E-state index contributed by atoms with van der Waals surface area (Å²) in [4.78, 5) is 36.5. The lowest BCUT2D eigenvalue weighted by Crippen LogP contribution is -2.22. The largest absolute Gasteiger partial charge is 0.369 e. The summed E-state index contributed by atoms with van der Waals surface area (Å²) >= 11 is 1.63. The molecule has 0 amide bonds. The smallest absolute Gasteiger partial charge is 0.262 e. The first-order valence-corrected chi connectivity index (χ1v) is 7.75. The predicted molar refractivity (Wildman–Crippen MR) is 84.3 cm³/mol. The number of ketones is 1. The van der Waals surface area contributed by atoms with Crippen LogP contribution in [0.2, 0.25) is 0 Å². The Balaban J connectivity index is 1.95. The summed E-state index contributed by atoms with van der Waals surface area (Å²) in [6.45, 7) is 0. The first-order valence-electron chi connectivity index (χ1n) is 6.87. The zero-order chi connectivity index (χ0) is 15.3. The highest BCUT2D eigenvalue weighted by molar-refractivity contribution is 7.10. The van der Waals surface area contributed by atoms with Gasteiger partial charge in [0.25, 0.3) is 5.56 Å². The van der Waals surface area contributed by atoms with Crippen molar-refractivity contribution in [2.45, 2.75) is 18.8 Å². The number of carbonyl (C=O) groups is 1. The van der Waals surface area contributed by atoms with Crippen molar-refractivity contribution in [1.82, 2.24) is 15.0 Å². The fraction of sp³-hybridized carbons (Fsp3) is 0.200. The van der Waals surface area contributed by atoms with Crippen molar-refractivity contribution in [1.29, 1.82) is 0 Å². The van der Waals surface area contributed by atoms with Gasteiger partial charge in [0, 0.05) is 29.0 Å². The molecule has 1 aliphatic carbocycles. The van der Waals surface area contributed by atoms with Crippen LogP contribution in [0.1, 0.15) is 33.1 Å². The minimum atomic E-state index is -0.341. The number of nitrogens with two attached hydrogens (primary N) is 1. The molecular weight excluding hydrogens is 300 g/mol. The van der Waals surface area contributed by atoms with Gasteiger partial charge in [-0.15, -0.1) is 11.3 Å². The van der Waals surface area contributed by atoms with E-state index in [1.54, 1.807) is 11.3 Å². The highest BCUT2D eigenvalue weighted by Gasteiger charge is 2.29. The molecule has 0 unspecified atom stereocenters. The predicted octanol–water partition coefficient (Wildman–Crippen LogP) is 1.87. The molecule has 3 heterocycles. The van der Waals surface area contributed by atoms with Crippen molar-refractivity contribution < 1.29 is 4.79 Å². The van der Waals surface area contributed by atoms with E-state index in [2.05, 4.69) is 15.0 Å². The molecule has 3 N–H and O–H groups in total. The van der Waals surface area contributed by atoms with Gasteiger partial charge in [0.15, 0.2) is 11.4 Å². The Morgan fingerprint density at radius 1 is 1.32 bits per heavy atom. The number of rotatable bonds is 1. The highest BCUT2D eigenvalue weighted by Crippen LogP contribution is 2.36. The number of fused-ring (bicyclic) bond motifs is 3. The van der Waals surface area contributed by atoms with Gasteiger partial charge in [-0.1, -0.05) is 6.07 Å². The summed E-state index contributed by atoms with van der Waals surface area (Å²) in [5.74, 6) is 0.148. The summed E-state index contributed by atoms with van der Waals surface area (Å²) in [5, 5.41) is 2.37. The van der Waals surface area contributed by atoms with Crippen LogP contribution in [-0.2, 0) is 6.42 Å². The Hall–Kier alpha value is -2.54. The normalized spacial score (nSPS) is 17.6. The molecule has 0 aromatic carbocycles. The van der Waals surface area contributed by atoms with E-state index in [1.165, 1.54) is 6.20 Å². The lowest BCUT2D eigenvalue weighted by Gasteiger charge is -2.23. The van der Waals surface area contributed by atoms with Crippen LogP contribution < -0.4 is 11.3 Å². The molecule has 3 aromatic heterocycles. The van der Waals surface area contributed by atoms with Crippen LogP contribution in [0.3, 0.4) is 0 Å². The number of Topliss-reactive ketones (excluding diaryl/α,β-unsaturated/α-hetero) is 1. The number of aromatic nitrogens is 3. The third-order valence-electron chi connectivity index (χ3n) is 3.99. The average molecular weight is 312 g/mol. The first-order chi connectivity index (χ1) is 10.6. The van der Waals surface area contributed by atoms with Crippen molar-refractivity contribution >= 4 is 34.1 Å². The maximum atomic E-state index is 12.4. The highest BCUT2D eigenvalue weighted by atomic mass is 32.1. The lowest BCUT2D eigenvalue weighted by atomic mass is 9.82. The van der Waals surface area contributed by atoms with Crippen LogP contribution in [0.15, 0.2) is 28.5 Å². The van der Waals surface area contributed by atoms with Gasteiger partial charge in [-0.05, 0) is 23.4 Å². The summed E-state index contributed by atoms with van der Waals surface area (Å²) < 4.78 is 0. The molecule has 7 heteroatoms. The number of nitrogens with zero attached hydrogens (tertiary/aromatic N) is 2. The van der Waals surface area contributed by atoms with E-state index in [0.717, 1.165) is 10.4 Å². The van der Waals surface area contributed by atoms with E-state index >= 15 is 0 Å². The first kappa shape index (κ1) is 13.1. The number of aromatic amines is 1. The van der Waals surface area contributed by atoms with E-state index in [9.17, 15) is 9.59 Å². The van der Waals surface area contributed by atoms with Crippen LogP contribution in [-0.4, -0.2) is 20.7 Å². The SMILES string of the molecule is Nc1nc2ncc3c(c2c(=O)[nH]1)C[C@@H](c1cccs1)CC3=O.